The number of hydrogen-bond donors (Lipinski definition) is 2. The maximum Gasteiger partial charge on any atom is 0.0828 e. The van der Waals surface area contributed by atoms with Crippen molar-refractivity contribution in [2.24, 2.45) is 5.92 Å². The normalized spacial score (nSPS) is 42.5. The standard InChI is InChI=1S/C15H27NO2/c17-15-9-2-1-4-12(15)5-3-6-14(15)16-13-7-10-18-11-8-13/h12-14,16-17H,1-11H2/t12-,14-,15-/m1/s1. The average molecular weight is 253 g/mol. The van der Waals surface area contributed by atoms with Gasteiger partial charge in [0, 0.05) is 25.3 Å². The van der Waals surface area contributed by atoms with Crippen molar-refractivity contribution in [1.82, 2.24) is 5.32 Å². The molecule has 3 heteroatoms. The molecule has 0 unspecified atom stereocenters. The Balaban J connectivity index is 1.65. The van der Waals surface area contributed by atoms with Crippen LogP contribution >= 0.6 is 0 Å². The van der Waals surface area contributed by atoms with E-state index in [9.17, 15) is 5.11 Å². The molecule has 0 aromatic carbocycles. The molecular formula is C15H27NO2. The summed E-state index contributed by atoms with van der Waals surface area (Å²) in [6, 6.07) is 0.896. The first-order valence-electron chi connectivity index (χ1n) is 7.85. The zero-order valence-electron chi connectivity index (χ0n) is 11.4. The Kier molecular flexibility index (Phi) is 3.92. The molecule has 0 aromatic heterocycles. The van der Waals surface area contributed by atoms with Gasteiger partial charge in [-0.3, -0.25) is 0 Å². The monoisotopic (exact) mass is 253 g/mol. The smallest absolute Gasteiger partial charge is 0.0828 e. The van der Waals surface area contributed by atoms with Crippen molar-refractivity contribution in [2.45, 2.75) is 75.5 Å². The van der Waals surface area contributed by atoms with Crippen molar-refractivity contribution in [2.75, 3.05) is 13.2 Å². The van der Waals surface area contributed by atoms with E-state index in [4.69, 9.17) is 4.74 Å². The van der Waals surface area contributed by atoms with Crippen LogP contribution in [0.1, 0.15) is 57.8 Å². The summed E-state index contributed by atoms with van der Waals surface area (Å²) in [7, 11) is 0. The Morgan fingerprint density at radius 3 is 2.56 bits per heavy atom. The topological polar surface area (TPSA) is 41.5 Å². The molecule has 0 radical (unpaired) electrons. The Morgan fingerprint density at radius 1 is 0.944 bits per heavy atom. The van der Waals surface area contributed by atoms with E-state index in [0.717, 1.165) is 38.9 Å². The van der Waals surface area contributed by atoms with Gasteiger partial charge in [0.05, 0.1) is 5.60 Å². The van der Waals surface area contributed by atoms with Crippen molar-refractivity contribution in [3.63, 3.8) is 0 Å². The van der Waals surface area contributed by atoms with Crippen LogP contribution in [0.25, 0.3) is 0 Å². The lowest BCUT2D eigenvalue weighted by Crippen LogP contribution is -2.61. The molecule has 3 aliphatic rings. The first-order chi connectivity index (χ1) is 8.79. The number of hydrogen-bond acceptors (Lipinski definition) is 3. The lowest BCUT2D eigenvalue weighted by atomic mass is 9.64. The fourth-order valence-electron chi connectivity index (χ4n) is 4.30. The van der Waals surface area contributed by atoms with Gasteiger partial charge in [0.2, 0.25) is 0 Å². The average Bonchev–Trinajstić information content (AvgIpc) is 2.41. The molecule has 0 amide bonds. The number of ether oxygens (including phenoxy) is 1. The summed E-state index contributed by atoms with van der Waals surface area (Å²) in [5, 5.41) is 14.9. The Labute approximate surface area is 110 Å². The zero-order valence-corrected chi connectivity index (χ0v) is 11.4. The molecule has 2 saturated carbocycles. The third-order valence-electron chi connectivity index (χ3n) is 5.39. The highest BCUT2D eigenvalue weighted by atomic mass is 16.5. The highest BCUT2D eigenvalue weighted by molar-refractivity contribution is 5.02. The molecule has 104 valence electrons. The van der Waals surface area contributed by atoms with E-state index in [2.05, 4.69) is 5.32 Å². The molecule has 1 heterocycles. The summed E-state index contributed by atoms with van der Waals surface area (Å²) in [4.78, 5) is 0. The minimum Gasteiger partial charge on any atom is -0.388 e. The Morgan fingerprint density at radius 2 is 1.72 bits per heavy atom. The predicted molar refractivity (Wildman–Crippen MR) is 71.5 cm³/mol. The molecule has 0 bridgehead atoms. The van der Waals surface area contributed by atoms with E-state index >= 15 is 0 Å². The summed E-state index contributed by atoms with van der Waals surface area (Å²) >= 11 is 0. The van der Waals surface area contributed by atoms with Crippen molar-refractivity contribution in [3.8, 4) is 0 Å². The summed E-state index contributed by atoms with van der Waals surface area (Å²) in [5.41, 5.74) is -0.408. The fourth-order valence-corrected chi connectivity index (χ4v) is 4.30. The van der Waals surface area contributed by atoms with Crippen molar-refractivity contribution in [3.05, 3.63) is 0 Å². The summed E-state index contributed by atoms with van der Waals surface area (Å²) < 4.78 is 5.42. The molecule has 0 aromatic rings. The highest BCUT2D eigenvalue weighted by Gasteiger charge is 2.47. The minimum absolute atomic E-state index is 0.333. The molecule has 3 nitrogen and oxygen atoms in total. The minimum atomic E-state index is -0.408. The quantitative estimate of drug-likeness (QED) is 0.793. The summed E-state index contributed by atoms with van der Waals surface area (Å²) in [6.07, 6.45) is 10.7. The van der Waals surface area contributed by atoms with Crippen molar-refractivity contribution < 1.29 is 9.84 Å². The highest BCUT2D eigenvalue weighted by Crippen LogP contribution is 2.44. The molecule has 1 aliphatic heterocycles. The van der Waals surface area contributed by atoms with Crippen LogP contribution in [-0.2, 0) is 4.74 Å². The van der Waals surface area contributed by atoms with E-state index < -0.39 is 5.60 Å². The van der Waals surface area contributed by atoms with Gasteiger partial charge in [-0.15, -0.1) is 0 Å². The Bertz CT molecular complexity index is 276. The second-order valence-electron chi connectivity index (χ2n) is 6.47. The number of aliphatic hydroxyl groups is 1. The van der Waals surface area contributed by atoms with Crippen molar-refractivity contribution >= 4 is 0 Å². The second kappa shape index (κ2) is 5.48. The molecule has 2 N–H and O–H groups in total. The molecule has 3 rings (SSSR count). The van der Waals surface area contributed by atoms with Crippen LogP contribution in [0.3, 0.4) is 0 Å². The molecule has 0 spiro atoms. The first-order valence-corrected chi connectivity index (χ1v) is 7.85. The first kappa shape index (κ1) is 12.9. The summed E-state index contributed by atoms with van der Waals surface area (Å²) in [6.45, 7) is 1.76. The largest absolute Gasteiger partial charge is 0.388 e. The molecule has 3 fully saturated rings. The van der Waals surface area contributed by atoms with Gasteiger partial charge in [-0.1, -0.05) is 19.3 Å². The predicted octanol–water partition coefficient (Wildman–Crippen LogP) is 2.23. The molecule has 2 aliphatic carbocycles. The van der Waals surface area contributed by atoms with Crippen LogP contribution in [0.15, 0.2) is 0 Å². The van der Waals surface area contributed by atoms with Crippen LogP contribution in [-0.4, -0.2) is 36.0 Å². The van der Waals surface area contributed by atoms with Gasteiger partial charge < -0.3 is 15.2 Å². The molecule has 1 saturated heterocycles. The third kappa shape index (κ3) is 2.45. The van der Waals surface area contributed by atoms with Gasteiger partial charge in [-0.25, -0.2) is 0 Å². The van der Waals surface area contributed by atoms with E-state index in [1.165, 1.54) is 32.1 Å². The molecule has 3 atom stereocenters. The van der Waals surface area contributed by atoms with Gasteiger partial charge in [-0.2, -0.15) is 0 Å². The van der Waals surface area contributed by atoms with Gasteiger partial charge in [0.25, 0.3) is 0 Å². The zero-order chi connectivity index (χ0) is 12.4. The second-order valence-corrected chi connectivity index (χ2v) is 6.47. The van der Waals surface area contributed by atoms with E-state index in [-0.39, 0.29) is 0 Å². The lowest BCUT2D eigenvalue weighted by molar-refractivity contribution is -0.103. The number of rotatable bonds is 2. The van der Waals surface area contributed by atoms with Crippen LogP contribution in [0.4, 0.5) is 0 Å². The SMILES string of the molecule is O[C@]12CCCC[C@@H]1CCC[C@H]2NC1CCOCC1. The van der Waals surface area contributed by atoms with E-state index in [1.54, 1.807) is 0 Å². The van der Waals surface area contributed by atoms with Gasteiger partial charge in [0.15, 0.2) is 0 Å². The third-order valence-corrected chi connectivity index (χ3v) is 5.39. The maximum absolute atomic E-state index is 11.1. The van der Waals surface area contributed by atoms with Crippen LogP contribution < -0.4 is 5.32 Å². The lowest BCUT2D eigenvalue weighted by Gasteiger charge is -2.50. The van der Waals surface area contributed by atoms with Crippen LogP contribution in [0.5, 0.6) is 0 Å². The van der Waals surface area contributed by atoms with E-state index in [1.807, 2.05) is 0 Å². The van der Waals surface area contributed by atoms with Crippen LogP contribution in [0, 0.1) is 5.92 Å². The van der Waals surface area contributed by atoms with Gasteiger partial charge in [0.1, 0.15) is 0 Å². The van der Waals surface area contributed by atoms with Gasteiger partial charge in [-0.05, 0) is 44.4 Å². The maximum atomic E-state index is 11.1. The Hall–Kier alpha value is -0.120. The molecular weight excluding hydrogens is 226 g/mol. The summed E-state index contributed by atoms with van der Waals surface area (Å²) in [5.74, 6) is 0.553. The van der Waals surface area contributed by atoms with E-state index in [0.29, 0.717) is 18.0 Å². The van der Waals surface area contributed by atoms with Crippen molar-refractivity contribution in [1.29, 1.82) is 0 Å². The van der Waals surface area contributed by atoms with Crippen LogP contribution in [0.2, 0.25) is 0 Å². The molecule has 18 heavy (non-hydrogen) atoms. The number of nitrogens with one attached hydrogen (secondary N) is 1. The van der Waals surface area contributed by atoms with Gasteiger partial charge >= 0.3 is 0 Å². The fraction of sp³-hybridized carbons (Fsp3) is 1.00. The number of fused-ring (bicyclic) bond motifs is 1.